The summed E-state index contributed by atoms with van der Waals surface area (Å²) in [6, 6.07) is 9.25. The number of aryl methyl sites for hydroxylation is 1. The van der Waals surface area contributed by atoms with Gasteiger partial charge in [-0.15, -0.1) is 10.2 Å². The fourth-order valence-corrected chi connectivity index (χ4v) is 4.11. The van der Waals surface area contributed by atoms with E-state index in [1.54, 1.807) is 26.1 Å². The molecule has 3 aromatic rings. The van der Waals surface area contributed by atoms with E-state index in [0.717, 1.165) is 12.1 Å². The van der Waals surface area contributed by atoms with Gasteiger partial charge in [0.05, 0.1) is 16.0 Å². The van der Waals surface area contributed by atoms with E-state index < -0.39 is 35.8 Å². The molecule has 0 bridgehead atoms. The van der Waals surface area contributed by atoms with Crippen molar-refractivity contribution in [3.63, 3.8) is 0 Å². The van der Waals surface area contributed by atoms with Crippen LogP contribution in [0.2, 0.25) is 0 Å². The first-order valence-corrected chi connectivity index (χ1v) is 11.2. The molecular weight excluding hydrogens is 434 g/mol. The van der Waals surface area contributed by atoms with Crippen LogP contribution in [0.1, 0.15) is 5.56 Å². The van der Waals surface area contributed by atoms with Crippen molar-refractivity contribution in [1.29, 1.82) is 0 Å². The highest BCUT2D eigenvalue weighted by molar-refractivity contribution is 7.86. The third-order valence-corrected chi connectivity index (χ3v) is 5.98. The van der Waals surface area contributed by atoms with Crippen molar-refractivity contribution in [2.45, 2.75) is 16.7 Å². The number of phenolic OH excluding ortho intramolecular Hbond substituents is 1. The van der Waals surface area contributed by atoms with E-state index in [1.165, 1.54) is 18.2 Å². The molecule has 0 saturated carbocycles. The van der Waals surface area contributed by atoms with Crippen LogP contribution in [0.5, 0.6) is 5.75 Å². The number of aromatic hydroxyl groups is 1. The molecule has 0 unspecified atom stereocenters. The molecule has 12 heteroatoms. The standard InChI is InChI=1S/C18H17N3O7S2/c1-10-3-5-13(16(7-10)30(26,27)28)20-21-18-14(19-2)6-4-11-8-12(29(23,24)25)9-15(22)17(11)18/h3-9,19,22H,1-2H3,(H,23,24,25)(H,26,27,28). The van der Waals surface area contributed by atoms with Crippen LogP contribution in [0.15, 0.2) is 62.5 Å². The van der Waals surface area contributed by atoms with Crippen LogP contribution < -0.4 is 5.32 Å². The summed E-state index contributed by atoms with van der Waals surface area (Å²) in [5, 5.41) is 21.6. The van der Waals surface area contributed by atoms with Gasteiger partial charge in [-0.05, 0) is 42.1 Å². The first-order valence-electron chi connectivity index (χ1n) is 8.36. The van der Waals surface area contributed by atoms with Crippen LogP contribution in [0, 0.1) is 6.92 Å². The second kappa shape index (κ2) is 7.65. The summed E-state index contributed by atoms with van der Waals surface area (Å²) in [6.07, 6.45) is 0. The molecule has 30 heavy (non-hydrogen) atoms. The van der Waals surface area contributed by atoms with Gasteiger partial charge in [0.25, 0.3) is 20.2 Å². The molecule has 0 aliphatic heterocycles. The Hall–Kier alpha value is -3.06. The number of nitrogens with one attached hydrogen (secondary N) is 1. The van der Waals surface area contributed by atoms with E-state index in [-0.39, 0.29) is 22.1 Å². The van der Waals surface area contributed by atoms with Crippen molar-refractivity contribution < 1.29 is 31.0 Å². The lowest BCUT2D eigenvalue weighted by Gasteiger charge is -2.11. The van der Waals surface area contributed by atoms with Gasteiger partial charge in [-0.2, -0.15) is 16.8 Å². The summed E-state index contributed by atoms with van der Waals surface area (Å²) < 4.78 is 64.9. The Labute approximate surface area is 172 Å². The fraction of sp³-hybridized carbons (Fsp3) is 0.111. The number of hydrogen-bond acceptors (Lipinski definition) is 8. The van der Waals surface area contributed by atoms with Crippen molar-refractivity contribution in [2.24, 2.45) is 10.2 Å². The molecule has 0 atom stereocenters. The Balaban J connectivity index is 2.27. The number of benzene rings is 3. The lowest BCUT2D eigenvalue weighted by atomic mass is 10.1. The molecule has 3 aromatic carbocycles. The quantitative estimate of drug-likeness (QED) is 0.336. The van der Waals surface area contributed by atoms with Crippen molar-refractivity contribution in [3.05, 3.63) is 48.0 Å². The van der Waals surface area contributed by atoms with Crippen LogP contribution in [0.25, 0.3) is 10.8 Å². The second-order valence-electron chi connectivity index (χ2n) is 6.37. The lowest BCUT2D eigenvalue weighted by Crippen LogP contribution is -1.99. The first-order chi connectivity index (χ1) is 13.9. The Morgan fingerprint density at radius 1 is 0.900 bits per heavy atom. The highest BCUT2D eigenvalue weighted by Gasteiger charge is 2.19. The zero-order valence-corrected chi connectivity index (χ0v) is 17.4. The molecule has 158 valence electrons. The van der Waals surface area contributed by atoms with E-state index in [1.807, 2.05) is 0 Å². The molecule has 0 radical (unpaired) electrons. The van der Waals surface area contributed by atoms with Crippen molar-refractivity contribution in [3.8, 4) is 5.75 Å². The summed E-state index contributed by atoms with van der Waals surface area (Å²) in [4.78, 5) is -0.935. The summed E-state index contributed by atoms with van der Waals surface area (Å²) in [5.74, 6) is -0.481. The van der Waals surface area contributed by atoms with E-state index in [0.29, 0.717) is 11.3 Å². The first kappa shape index (κ1) is 21.6. The van der Waals surface area contributed by atoms with Gasteiger partial charge >= 0.3 is 0 Å². The van der Waals surface area contributed by atoms with E-state index in [2.05, 4.69) is 15.5 Å². The zero-order valence-electron chi connectivity index (χ0n) is 15.7. The molecule has 0 saturated heterocycles. The molecule has 3 rings (SSSR count). The van der Waals surface area contributed by atoms with Gasteiger partial charge in [0.1, 0.15) is 22.0 Å². The van der Waals surface area contributed by atoms with E-state index >= 15 is 0 Å². The summed E-state index contributed by atoms with van der Waals surface area (Å²) in [5.41, 5.74) is 0.951. The second-order valence-corrected chi connectivity index (χ2v) is 9.19. The van der Waals surface area contributed by atoms with E-state index in [4.69, 9.17) is 0 Å². The number of anilines is 1. The summed E-state index contributed by atoms with van der Waals surface area (Å²) in [6.45, 7) is 1.64. The summed E-state index contributed by atoms with van der Waals surface area (Å²) >= 11 is 0. The van der Waals surface area contributed by atoms with Gasteiger partial charge in [-0.1, -0.05) is 12.1 Å². The predicted molar refractivity (Wildman–Crippen MR) is 110 cm³/mol. The molecule has 0 aromatic heterocycles. The topological polar surface area (TPSA) is 166 Å². The Morgan fingerprint density at radius 2 is 1.60 bits per heavy atom. The molecule has 4 N–H and O–H groups in total. The smallest absolute Gasteiger partial charge is 0.296 e. The van der Waals surface area contributed by atoms with Crippen molar-refractivity contribution >= 4 is 48.1 Å². The van der Waals surface area contributed by atoms with E-state index in [9.17, 15) is 31.0 Å². The maximum absolute atomic E-state index is 11.7. The number of azo groups is 1. The Kier molecular flexibility index (Phi) is 5.52. The van der Waals surface area contributed by atoms with Crippen molar-refractivity contribution in [2.75, 3.05) is 12.4 Å². The number of fused-ring (bicyclic) bond motifs is 1. The molecule has 0 heterocycles. The van der Waals surface area contributed by atoms with Crippen LogP contribution in [-0.4, -0.2) is 38.1 Å². The molecule has 0 spiro atoms. The maximum Gasteiger partial charge on any atom is 0.296 e. The van der Waals surface area contributed by atoms with Gasteiger partial charge in [0, 0.05) is 13.1 Å². The average Bonchev–Trinajstić information content (AvgIpc) is 2.65. The van der Waals surface area contributed by atoms with Gasteiger partial charge in [0.2, 0.25) is 0 Å². The van der Waals surface area contributed by atoms with Gasteiger partial charge in [-0.25, -0.2) is 0 Å². The van der Waals surface area contributed by atoms with Crippen LogP contribution >= 0.6 is 0 Å². The number of rotatable bonds is 5. The third-order valence-electron chi connectivity index (χ3n) is 4.26. The summed E-state index contributed by atoms with van der Waals surface area (Å²) in [7, 11) is -7.53. The van der Waals surface area contributed by atoms with Gasteiger partial charge < -0.3 is 10.4 Å². The van der Waals surface area contributed by atoms with Crippen molar-refractivity contribution in [1.82, 2.24) is 0 Å². The number of hydrogen-bond donors (Lipinski definition) is 4. The zero-order chi connectivity index (χ0) is 22.3. The normalized spacial score (nSPS) is 12.5. The molecule has 0 fully saturated rings. The predicted octanol–water partition coefficient (Wildman–Crippen LogP) is 3.80. The maximum atomic E-state index is 11.7. The fourth-order valence-electron chi connectivity index (χ4n) is 2.87. The largest absolute Gasteiger partial charge is 0.507 e. The average molecular weight is 451 g/mol. The SMILES string of the molecule is CNc1ccc2cc(S(=O)(=O)O)cc(O)c2c1N=Nc1ccc(C)cc1S(=O)(=O)O. The molecule has 0 amide bonds. The van der Waals surface area contributed by atoms with Gasteiger partial charge in [-0.3, -0.25) is 9.11 Å². The van der Waals surface area contributed by atoms with Crippen LogP contribution in [0.3, 0.4) is 0 Å². The van der Waals surface area contributed by atoms with Crippen LogP contribution in [0.4, 0.5) is 17.1 Å². The van der Waals surface area contributed by atoms with Crippen LogP contribution in [-0.2, 0) is 20.2 Å². The highest BCUT2D eigenvalue weighted by atomic mass is 32.2. The minimum Gasteiger partial charge on any atom is -0.507 e. The van der Waals surface area contributed by atoms with Gasteiger partial charge in [0.15, 0.2) is 0 Å². The highest BCUT2D eigenvalue weighted by Crippen LogP contribution is 2.41. The minimum atomic E-state index is -4.56. The lowest BCUT2D eigenvalue weighted by molar-refractivity contribution is 0.471. The Morgan fingerprint density at radius 3 is 2.20 bits per heavy atom. The molecule has 10 nitrogen and oxygen atoms in total. The third kappa shape index (κ3) is 4.26. The monoisotopic (exact) mass is 451 g/mol. The Bertz CT molecular complexity index is 1400. The molecule has 0 aliphatic rings. The number of phenols is 1. The minimum absolute atomic E-state index is 0.0938. The molecule has 0 aliphatic carbocycles. The molecular formula is C18H17N3O7S2. The number of nitrogens with zero attached hydrogens (tertiary/aromatic N) is 2.